The normalized spacial score (nSPS) is 12.2. The molecular formula is C10H12BrNO3. The van der Waals surface area contributed by atoms with E-state index in [1.807, 2.05) is 6.92 Å². The van der Waals surface area contributed by atoms with Crippen molar-refractivity contribution in [2.24, 2.45) is 0 Å². The van der Waals surface area contributed by atoms with Crippen LogP contribution in [0.15, 0.2) is 18.2 Å². The number of benzene rings is 1. The van der Waals surface area contributed by atoms with Crippen LogP contribution in [0, 0.1) is 10.1 Å². The van der Waals surface area contributed by atoms with Crippen molar-refractivity contribution in [1.29, 1.82) is 0 Å². The zero-order chi connectivity index (χ0) is 11.4. The van der Waals surface area contributed by atoms with Crippen molar-refractivity contribution in [3.05, 3.63) is 33.9 Å². The minimum Gasteiger partial charge on any atom is -0.497 e. The molecule has 0 amide bonds. The van der Waals surface area contributed by atoms with Crippen molar-refractivity contribution < 1.29 is 9.66 Å². The number of halogens is 1. The maximum atomic E-state index is 10.8. The fourth-order valence-electron chi connectivity index (χ4n) is 1.32. The molecule has 0 aliphatic carbocycles. The second-order valence-corrected chi connectivity index (χ2v) is 4.80. The smallest absolute Gasteiger partial charge is 0.276 e. The quantitative estimate of drug-likeness (QED) is 0.482. The summed E-state index contributed by atoms with van der Waals surface area (Å²) in [6, 6.07) is 4.91. The molecule has 0 saturated heterocycles. The van der Waals surface area contributed by atoms with Gasteiger partial charge in [0.15, 0.2) is 0 Å². The van der Waals surface area contributed by atoms with Crippen molar-refractivity contribution in [2.45, 2.75) is 18.2 Å². The number of nitrogens with zero attached hydrogens (tertiary/aromatic N) is 1. The number of hydrogen-bond acceptors (Lipinski definition) is 3. The SMILES string of the molecule is COc1ccc(CC(C)Br)c([N+](=O)[O-])c1. The standard InChI is InChI=1S/C10H12BrNO3/c1-7(11)5-8-3-4-9(15-2)6-10(8)12(13)14/h3-4,6-7H,5H2,1-2H3. The van der Waals surface area contributed by atoms with Gasteiger partial charge in [-0.3, -0.25) is 10.1 Å². The van der Waals surface area contributed by atoms with Crippen molar-refractivity contribution in [2.75, 3.05) is 7.11 Å². The van der Waals surface area contributed by atoms with Crippen LogP contribution < -0.4 is 4.74 Å². The van der Waals surface area contributed by atoms with E-state index in [9.17, 15) is 10.1 Å². The van der Waals surface area contributed by atoms with E-state index in [0.29, 0.717) is 17.7 Å². The summed E-state index contributed by atoms with van der Waals surface area (Å²) in [5, 5.41) is 10.8. The Morgan fingerprint density at radius 3 is 2.73 bits per heavy atom. The number of hydrogen-bond donors (Lipinski definition) is 0. The molecule has 1 aromatic carbocycles. The van der Waals surface area contributed by atoms with E-state index >= 15 is 0 Å². The zero-order valence-electron chi connectivity index (χ0n) is 8.57. The number of ether oxygens (including phenoxy) is 1. The second kappa shape index (κ2) is 5.11. The molecule has 0 saturated carbocycles. The summed E-state index contributed by atoms with van der Waals surface area (Å²) in [5.74, 6) is 0.507. The third-order valence-electron chi connectivity index (χ3n) is 1.99. The molecule has 1 rings (SSSR count). The summed E-state index contributed by atoms with van der Waals surface area (Å²) in [6.07, 6.45) is 0.625. The van der Waals surface area contributed by atoms with Crippen LogP contribution in [0.5, 0.6) is 5.75 Å². The number of nitro groups is 1. The Bertz CT molecular complexity index is 366. The Morgan fingerprint density at radius 1 is 1.60 bits per heavy atom. The van der Waals surface area contributed by atoms with Crippen LogP contribution in [0.4, 0.5) is 5.69 Å². The second-order valence-electron chi connectivity index (χ2n) is 3.24. The fraction of sp³-hybridized carbons (Fsp3) is 0.400. The summed E-state index contributed by atoms with van der Waals surface area (Å²) in [6.45, 7) is 1.95. The number of methoxy groups -OCH3 is 1. The average molecular weight is 274 g/mol. The first-order valence-corrected chi connectivity index (χ1v) is 5.41. The Balaban J connectivity index is 3.09. The van der Waals surface area contributed by atoms with Crippen LogP contribution in [0.1, 0.15) is 12.5 Å². The molecule has 0 spiro atoms. The van der Waals surface area contributed by atoms with Gasteiger partial charge in [0.05, 0.1) is 18.1 Å². The van der Waals surface area contributed by atoms with E-state index in [1.165, 1.54) is 13.2 Å². The van der Waals surface area contributed by atoms with Gasteiger partial charge >= 0.3 is 0 Å². The van der Waals surface area contributed by atoms with E-state index in [0.717, 1.165) is 0 Å². The molecule has 1 unspecified atom stereocenters. The summed E-state index contributed by atoms with van der Waals surface area (Å²) < 4.78 is 4.95. The van der Waals surface area contributed by atoms with E-state index in [2.05, 4.69) is 15.9 Å². The highest BCUT2D eigenvalue weighted by atomic mass is 79.9. The Morgan fingerprint density at radius 2 is 2.27 bits per heavy atom. The molecule has 4 nitrogen and oxygen atoms in total. The first-order valence-electron chi connectivity index (χ1n) is 4.50. The molecule has 82 valence electrons. The van der Waals surface area contributed by atoms with Gasteiger partial charge in [-0.1, -0.05) is 22.9 Å². The predicted octanol–water partition coefficient (Wildman–Crippen LogP) is 2.93. The highest BCUT2D eigenvalue weighted by Gasteiger charge is 2.15. The maximum Gasteiger partial charge on any atom is 0.276 e. The molecule has 0 aromatic heterocycles. The first-order chi connectivity index (χ1) is 7.04. The summed E-state index contributed by atoms with van der Waals surface area (Å²) in [5.41, 5.74) is 0.825. The van der Waals surface area contributed by atoms with Crippen LogP contribution >= 0.6 is 15.9 Å². The molecule has 0 bridgehead atoms. The summed E-state index contributed by atoms with van der Waals surface area (Å²) in [4.78, 5) is 10.6. The van der Waals surface area contributed by atoms with Gasteiger partial charge < -0.3 is 4.74 Å². The lowest BCUT2D eigenvalue weighted by Crippen LogP contribution is -2.01. The Labute approximate surface area is 96.5 Å². The predicted molar refractivity (Wildman–Crippen MR) is 61.7 cm³/mol. The van der Waals surface area contributed by atoms with E-state index in [4.69, 9.17) is 4.74 Å². The molecule has 0 radical (unpaired) electrons. The molecule has 5 heteroatoms. The van der Waals surface area contributed by atoms with Crippen molar-refractivity contribution in [1.82, 2.24) is 0 Å². The van der Waals surface area contributed by atoms with Crippen molar-refractivity contribution in [3.8, 4) is 5.75 Å². The molecular weight excluding hydrogens is 262 g/mol. The van der Waals surface area contributed by atoms with Crippen LogP contribution in [0.2, 0.25) is 0 Å². The van der Waals surface area contributed by atoms with Gasteiger partial charge in [-0.05, 0) is 18.6 Å². The van der Waals surface area contributed by atoms with Crippen LogP contribution in [-0.2, 0) is 6.42 Å². The fourth-order valence-corrected chi connectivity index (χ4v) is 1.67. The zero-order valence-corrected chi connectivity index (χ0v) is 10.2. The van der Waals surface area contributed by atoms with E-state index in [-0.39, 0.29) is 15.4 Å². The Hall–Kier alpha value is -1.10. The first kappa shape index (κ1) is 12.0. The highest BCUT2D eigenvalue weighted by Crippen LogP contribution is 2.26. The lowest BCUT2D eigenvalue weighted by atomic mass is 10.1. The summed E-state index contributed by atoms with van der Waals surface area (Å²) in [7, 11) is 1.49. The van der Waals surface area contributed by atoms with Crippen molar-refractivity contribution in [3.63, 3.8) is 0 Å². The molecule has 1 aromatic rings. The number of nitro benzene ring substituents is 1. The monoisotopic (exact) mass is 273 g/mol. The van der Waals surface area contributed by atoms with E-state index in [1.54, 1.807) is 12.1 Å². The van der Waals surface area contributed by atoms with Gasteiger partial charge in [-0.2, -0.15) is 0 Å². The third kappa shape index (κ3) is 3.20. The highest BCUT2D eigenvalue weighted by molar-refractivity contribution is 9.09. The number of rotatable bonds is 4. The van der Waals surface area contributed by atoms with Crippen LogP contribution in [0.3, 0.4) is 0 Å². The lowest BCUT2D eigenvalue weighted by Gasteiger charge is -2.06. The Kier molecular flexibility index (Phi) is 4.08. The topological polar surface area (TPSA) is 52.4 Å². The minimum atomic E-state index is -0.382. The molecule has 0 aliphatic rings. The van der Waals surface area contributed by atoms with Gasteiger partial charge in [-0.15, -0.1) is 0 Å². The van der Waals surface area contributed by atoms with Gasteiger partial charge in [0.1, 0.15) is 5.75 Å². The van der Waals surface area contributed by atoms with Gasteiger partial charge in [-0.25, -0.2) is 0 Å². The van der Waals surface area contributed by atoms with Crippen LogP contribution in [0.25, 0.3) is 0 Å². The third-order valence-corrected chi connectivity index (χ3v) is 2.31. The number of alkyl halides is 1. The minimum absolute atomic E-state index is 0.112. The largest absolute Gasteiger partial charge is 0.497 e. The average Bonchev–Trinajstić information content (AvgIpc) is 2.17. The van der Waals surface area contributed by atoms with Gasteiger partial charge in [0, 0.05) is 10.4 Å². The van der Waals surface area contributed by atoms with E-state index < -0.39 is 0 Å². The van der Waals surface area contributed by atoms with Crippen LogP contribution in [-0.4, -0.2) is 16.9 Å². The van der Waals surface area contributed by atoms with Gasteiger partial charge in [0.2, 0.25) is 0 Å². The maximum absolute atomic E-state index is 10.8. The lowest BCUT2D eigenvalue weighted by molar-refractivity contribution is -0.385. The molecule has 15 heavy (non-hydrogen) atoms. The van der Waals surface area contributed by atoms with Gasteiger partial charge in [0.25, 0.3) is 5.69 Å². The molecule has 0 aliphatic heterocycles. The molecule has 0 fully saturated rings. The molecule has 0 heterocycles. The molecule has 0 N–H and O–H groups in total. The molecule has 1 atom stereocenters. The van der Waals surface area contributed by atoms with Crippen molar-refractivity contribution >= 4 is 21.6 Å². The summed E-state index contributed by atoms with van der Waals surface area (Å²) >= 11 is 3.38.